The highest BCUT2D eigenvalue weighted by molar-refractivity contribution is 7.80. The number of hydrogen-bond acceptors (Lipinski definition) is 1. The summed E-state index contributed by atoms with van der Waals surface area (Å²) in [6.45, 7) is 0. The fourth-order valence-electron chi connectivity index (χ4n) is 0.627. The van der Waals surface area contributed by atoms with Gasteiger partial charge in [-0.3, -0.25) is 0 Å². The van der Waals surface area contributed by atoms with Crippen molar-refractivity contribution in [1.29, 1.82) is 0 Å². The van der Waals surface area contributed by atoms with Crippen molar-refractivity contribution < 1.29 is 17.6 Å². The lowest BCUT2D eigenvalue weighted by atomic mass is 10.1. The lowest BCUT2D eigenvalue weighted by molar-refractivity contribution is -0.115. The average molecular weight is 259 g/mol. The Balaban J connectivity index is 4.41. The summed E-state index contributed by atoms with van der Waals surface area (Å²) in [7, 11) is 0. The van der Waals surface area contributed by atoms with Gasteiger partial charge < -0.3 is 0 Å². The molecule has 13 heavy (non-hydrogen) atoms. The first-order valence-corrected chi connectivity index (χ1v) is 4.85. The molecular weight excluding hydrogens is 251 g/mol. The third kappa shape index (κ3) is 3.36. The Hall–Kier alpha value is 0.650. The van der Waals surface area contributed by atoms with Crippen LogP contribution in [0.4, 0.5) is 17.6 Å². The van der Waals surface area contributed by atoms with E-state index in [2.05, 4.69) is 35.8 Å². The molecule has 0 radical (unpaired) electrons. The van der Waals surface area contributed by atoms with Gasteiger partial charge in [0.1, 0.15) is 0 Å². The minimum Gasteiger partial charge on any atom is -0.225 e. The van der Waals surface area contributed by atoms with Gasteiger partial charge in [0.15, 0.2) is 0 Å². The Bertz CT molecular complexity index is 163. The van der Waals surface area contributed by atoms with E-state index in [9.17, 15) is 17.6 Å². The fourth-order valence-corrected chi connectivity index (χ4v) is 1.04. The highest BCUT2D eigenvalue weighted by Crippen LogP contribution is 2.44. The maximum atomic E-state index is 12.8. The molecule has 0 aliphatic rings. The smallest absolute Gasteiger partial charge is 0.225 e. The van der Waals surface area contributed by atoms with Crippen LogP contribution in [0.5, 0.6) is 0 Å². The van der Waals surface area contributed by atoms with Gasteiger partial charge in [0.25, 0.3) is 11.1 Å². The number of rotatable bonds is 5. The SMILES string of the molecule is FC(Cl)C(F)(Cl)C(F)(F)CCCS. The van der Waals surface area contributed by atoms with Crippen LogP contribution in [-0.4, -0.2) is 22.4 Å². The normalized spacial score (nSPS) is 19.6. The molecule has 0 bridgehead atoms. The van der Waals surface area contributed by atoms with Crippen LogP contribution in [-0.2, 0) is 0 Å². The summed E-state index contributed by atoms with van der Waals surface area (Å²) in [5.74, 6) is -3.85. The van der Waals surface area contributed by atoms with Crippen molar-refractivity contribution in [1.82, 2.24) is 0 Å². The number of thiol groups is 1. The van der Waals surface area contributed by atoms with E-state index in [1.54, 1.807) is 0 Å². The number of alkyl halides is 6. The van der Waals surface area contributed by atoms with Gasteiger partial charge in [0.2, 0.25) is 5.63 Å². The molecule has 0 aromatic rings. The molecule has 80 valence electrons. The van der Waals surface area contributed by atoms with Crippen LogP contribution in [0.2, 0.25) is 0 Å². The van der Waals surface area contributed by atoms with Gasteiger partial charge >= 0.3 is 0 Å². The van der Waals surface area contributed by atoms with Crippen molar-refractivity contribution in [2.45, 2.75) is 29.5 Å². The summed E-state index contributed by atoms with van der Waals surface area (Å²) in [5, 5.41) is -3.85. The molecule has 0 nitrogen and oxygen atoms in total. The monoisotopic (exact) mass is 258 g/mol. The third-order valence-corrected chi connectivity index (χ3v) is 2.61. The van der Waals surface area contributed by atoms with Gasteiger partial charge in [-0.15, -0.1) is 0 Å². The second kappa shape index (κ2) is 4.94. The van der Waals surface area contributed by atoms with E-state index in [1.165, 1.54) is 0 Å². The second-order valence-corrected chi connectivity index (χ2v) is 3.84. The van der Waals surface area contributed by atoms with Gasteiger partial charge in [-0.2, -0.15) is 12.6 Å². The van der Waals surface area contributed by atoms with E-state index in [0.29, 0.717) is 0 Å². The molecule has 0 aromatic carbocycles. The van der Waals surface area contributed by atoms with Gasteiger partial charge in [0.05, 0.1) is 0 Å². The molecule has 0 aliphatic carbocycles. The van der Waals surface area contributed by atoms with Crippen LogP contribution in [0.25, 0.3) is 0 Å². The number of hydrogen-bond donors (Lipinski definition) is 1. The molecule has 0 amide bonds. The zero-order valence-electron chi connectivity index (χ0n) is 6.41. The van der Waals surface area contributed by atoms with Crippen LogP contribution >= 0.6 is 35.8 Å². The molecule has 0 aromatic heterocycles. The summed E-state index contributed by atoms with van der Waals surface area (Å²) < 4.78 is 50.5. The third-order valence-electron chi connectivity index (χ3n) is 1.41. The largest absolute Gasteiger partial charge is 0.299 e. The molecule has 0 saturated heterocycles. The van der Waals surface area contributed by atoms with E-state index in [4.69, 9.17) is 0 Å². The van der Waals surface area contributed by atoms with Crippen molar-refractivity contribution >= 4 is 35.8 Å². The highest BCUT2D eigenvalue weighted by atomic mass is 35.5. The summed E-state index contributed by atoms with van der Waals surface area (Å²) in [4.78, 5) is 0. The molecule has 0 aliphatic heterocycles. The lowest BCUT2D eigenvalue weighted by Gasteiger charge is -2.27. The van der Waals surface area contributed by atoms with Crippen LogP contribution in [0, 0.1) is 0 Å². The maximum Gasteiger partial charge on any atom is 0.299 e. The molecule has 0 fully saturated rings. The van der Waals surface area contributed by atoms with Crippen molar-refractivity contribution in [3.63, 3.8) is 0 Å². The molecule has 2 unspecified atom stereocenters. The minimum absolute atomic E-state index is 0.0713. The number of halogens is 6. The Morgan fingerprint density at radius 3 is 2.08 bits per heavy atom. The molecule has 0 rings (SSSR count). The van der Waals surface area contributed by atoms with Crippen molar-refractivity contribution in [3.05, 3.63) is 0 Å². The fraction of sp³-hybridized carbons (Fsp3) is 1.00. The molecule has 0 spiro atoms. The van der Waals surface area contributed by atoms with Crippen LogP contribution in [0.1, 0.15) is 12.8 Å². The van der Waals surface area contributed by atoms with Crippen LogP contribution in [0.15, 0.2) is 0 Å². The molecule has 7 heteroatoms. The quantitative estimate of drug-likeness (QED) is 0.433. The zero-order chi connectivity index (χ0) is 10.7. The molecule has 0 heterocycles. The zero-order valence-corrected chi connectivity index (χ0v) is 8.82. The Kier molecular flexibility index (Phi) is 5.18. The van der Waals surface area contributed by atoms with Crippen molar-refractivity contribution in [3.8, 4) is 0 Å². The minimum atomic E-state index is -3.99. The molecular formula is C6H8Cl2F4S. The topological polar surface area (TPSA) is 0 Å². The highest BCUT2D eigenvalue weighted by Gasteiger charge is 2.58. The van der Waals surface area contributed by atoms with E-state index in [1.807, 2.05) is 0 Å². The summed E-state index contributed by atoms with van der Waals surface area (Å²) in [6.07, 6.45) is -0.957. The lowest BCUT2D eigenvalue weighted by Crippen LogP contribution is -2.44. The molecule has 2 atom stereocenters. The maximum absolute atomic E-state index is 12.8. The summed E-state index contributed by atoms with van der Waals surface area (Å²) in [5.41, 5.74) is -2.94. The predicted octanol–water partition coefficient (Wildman–Crippen LogP) is 3.77. The summed E-state index contributed by atoms with van der Waals surface area (Å²) in [6, 6.07) is 0. The first kappa shape index (κ1) is 13.7. The van der Waals surface area contributed by atoms with Gasteiger partial charge in [-0.1, -0.05) is 23.2 Å². The standard InChI is InChI=1S/C6H8Cl2F4S/c7-4(9)6(8,12)5(10,11)2-1-3-13/h4,13H,1-3H2. The van der Waals surface area contributed by atoms with E-state index < -0.39 is 23.1 Å². The second-order valence-electron chi connectivity index (χ2n) is 2.46. The summed E-state index contributed by atoms with van der Waals surface area (Å²) >= 11 is 12.9. The van der Waals surface area contributed by atoms with E-state index >= 15 is 0 Å². The molecule has 0 N–H and O–H groups in total. The predicted molar refractivity (Wildman–Crippen MR) is 48.5 cm³/mol. The molecule has 0 saturated carbocycles. The Labute approximate surface area is 89.0 Å². The van der Waals surface area contributed by atoms with Gasteiger partial charge in [0, 0.05) is 6.42 Å². The van der Waals surface area contributed by atoms with E-state index in [-0.39, 0.29) is 12.2 Å². The Morgan fingerprint density at radius 2 is 1.77 bits per heavy atom. The van der Waals surface area contributed by atoms with E-state index in [0.717, 1.165) is 0 Å². The van der Waals surface area contributed by atoms with Crippen molar-refractivity contribution in [2.24, 2.45) is 0 Å². The Morgan fingerprint density at radius 1 is 1.31 bits per heavy atom. The van der Waals surface area contributed by atoms with Crippen molar-refractivity contribution in [2.75, 3.05) is 5.75 Å². The average Bonchev–Trinajstić information content (AvgIpc) is 2.00. The van der Waals surface area contributed by atoms with Crippen LogP contribution in [0.3, 0.4) is 0 Å². The van der Waals surface area contributed by atoms with Crippen LogP contribution < -0.4 is 0 Å². The first-order valence-electron chi connectivity index (χ1n) is 3.40. The van der Waals surface area contributed by atoms with Gasteiger partial charge in [-0.25, -0.2) is 17.6 Å². The van der Waals surface area contributed by atoms with Gasteiger partial charge in [-0.05, 0) is 12.2 Å². The first-order chi connectivity index (χ1) is 5.75.